The van der Waals surface area contributed by atoms with Gasteiger partial charge in [0.25, 0.3) is 5.91 Å². The van der Waals surface area contributed by atoms with E-state index in [1.165, 1.54) is 0 Å². The SMILES string of the molecule is Cc1cc(Br)ccc1C(=O)N1CC[C@H](N)C[C@@H]1C. The summed E-state index contributed by atoms with van der Waals surface area (Å²) in [7, 11) is 0. The number of hydrogen-bond donors (Lipinski definition) is 1. The van der Waals surface area contributed by atoms with E-state index in [0.29, 0.717) is 0 Å². The van der Waals surface area contributed by atoms with Crippen LogP contribution in [0.1, 0.15) is 35.7 Å². The van der Waals surface area contributed by atoms with E-state index >= 15 is 0 Å². The zero-order valence-corrected chi connectivity index (χ0v) is 12.4. The van der Waals surface area contributed by atoms with Gasteiger partial charge in [-0.15, -0.1) is 0 Å². The van der Waals surface area contributed by atoms with Crippen molar-refractivity contribution >= 4 is 21.8 Å². The van der Waals surface area contributed by atoms with Crippen LogP contribution in [0.2, 0.25) is 0 Å². The van der Waals surface area contributed by atoms with E-state index in [2.05, 4.69) is 22.9 Å². The number of amides is 1. The van der Waals surface area contributed by atoms with E-state index in [-0.39, 0.29) is 18.0 Å². The zero-order valence-electron chi connectivity index (χ0n) is 10.8. The zero-order chi connectivity index (χ0) is 13.3. The van der Waals surface area contributed by atoms with Crippen LogP contribution in [-0.2, 0) is 0 Å². The standard InChI is InChI=1S/C14H19BrN2O/c1-9-7-11(15)3-4-13(9)14(18)17-6-5-12(16)8-10(17)2/h3-4,7,10,12H,5-6,8,16H2,1-2H3/t10-,12-/m0/s1. The first-order valence-electron chi connectivity index (χ1n) is 6.31. The number of nitrogens with two attached hydrogens (primary N) is 1. The van der Waals surface area contributed by atoms with Crippen molar-refractivity contribution in [2.24, 2.45) is 5.73 Å². The summed E-state index contributed by atoms with van der Waals surface area (Å²) < 4.78 is 1.00. The lowest BCUT2D eigenvalue weighted by Crippen LogP contribution is -2.48. The van der Waals surface area contributed by atoms with Crippen LogP contribution in [0.25, 0.3) is 0 Å². The van der Waals surface area contributed by atoms with Gasteiger partial charge in [-0.2, -0.15) is 0 Å². The van der Waals surface area contributed by atoms with Crippen molar-refractivity contribution in [3.63, 3.8) is 0 Å². The fourth-order valence-electron chi connectivity index (χ4n) is 2.53. The number of carbonyl (C=O) groups excluding carboxylic acids is 1. The van der Waals surface area contributed by atoms with Crippen molar-refractivity contribution < 1.29 is 4.79 Å². The van der Waals surface area contributed by atoms with Gasteiger partial charge >= 0.3 is 0 Å². The Morgan fingerprint density at radius 1 is 1.50 bits per heavy atom. The van der Waals surface area contributed by atoms with E-state index in [1.54, 1.807) is 0 Å². The molecule has 1 fully saturated rings. The highest BCUT2D eigenvalue weighted by molar-refractivity contribution is 9.10. The number of benzene rings is 1. The Hall–Kier alpha value is -0.870. The van der Waals surface area contributed by atoms with Crippen molar-refractivity contribution in [3.8, 4) is 0 Å². The predicted molar refractivity (Wildman–Crippen MR) is 76.6 cm³/mol. The average Bonchev–Trinajstić information content (AvgIpc) is 2.28. The van der Waals surface area contributed by atoms with Crippen molar-refractivity contribution in [1.29, 1.82) is 0 Å². The monoisotopic (exact) mass is 310 g/mol. The highest BCUT2D eigenvalue weighted by atomic mass is 79.9. The fourth-order valence-corrected chi connectivity index (χ4v) is 3.01. The van der Waals surface area contributed by atoms with E-state index in [4.69, 9.17) is 5.73 Å². The summed E-state index contributed by atoms with van der Waals surface area (Å²) in [6, 6.07) is 6.25. The van der Waals surface area contributed by atoms with Crippen LogP contribution < -0.4 is 5.73 Å². The molecule has 1 amide bonds. The number of likely N-dealkylation sites (tertiary alicyclic amines) is 1. The van der Waals surface area contributed by atoms with Crippen LogP contribution in [0.3, 0.4) is 0 Å². The third-order valence-electron chi connectivity index (χ3n) is 3.60. The molecule has 0 aromatic heterocycles. The molecule has 98 valence electrons. The largest absolute Gasteiger partial charge is 0.336 e. The second-order valence-corrected chi connectivity index (χ2v) is 6.01. The average molecular weight is 311 g/mol. The molecule has 3 nitrogen and oxygen atoms in total. The van der Waals surface area contributed by atoms with Crippen molar-refractivity contribution in [1.82, 2.24) is 4.90 Å². The first-order chi connectivity index (χ1) is 8.49. The summed E-state index contributed by atoms with van der Waals surface area (Å²) in [5.41, 5.74) is 7.73. The lowest BCUT2D eigenvalue weighted by atomic mass is 9.97. The minimum Gasteiger partial charge on any atom is -0.336 e. The topological polar surface area (TPSA) is 46.3 Å². The Kier molecular flexibility index (Phi) is 4.07. The minimum atomic E-state index is 0.124. The molecule has 1 saturated heterocycles. The van der Waals surface area contributed by atoms with Crippen molar-refractivity contribution in [2.75, 3.05) is 6.54 Å². The molecule has 0 bridgehead atoms. The first kappa shape index (κ1) is 13.6. The van der Waals surface area contributed by atoms with Gasteiger partial charge in [-0.05, 0) is 50.5 Å². The Morgan fingerprint density at radius 2 is 2.22 bits per heavy atom. The second-order valence-electron chi connectivity index (χ2n) is 5.09. The smallest absolute Gasteiger partial charge is 0.254 e. The van der Waals surface area contributed by atoms with Gasteiger partial charge in [0.1, 0.15) is 0 Å². The third kappa shape index (κ3) is 2.75. The van der Waals surface area contributed by atoms with Crippen LogP contribution in [0.5, 0.6) is 0 Å². The molecule has 0 spiro atoms. The first-order valence-corrected chi connectivity index (χ1v) is 7.11. The third-order valence-corrected chi connectivity index (χ3v) is 4.09. The Balaban J connectivity index is 2.20. The summed E-state index contributed by atoms with van der Waals surface area (Å²) in [6.07, 6.45) is 1.78. The molecule has 2 rings (SSSR count). The fraction of sp³-hybridized carbons (Fsp3) is 0.500. The van der Waals surface area contributed by atoms with Crippen LogP contribution in [0.15, 0.2) is 22.7 Å². The lowest BCUT2D eigenvalue weighted by Gasteiger charge is -2.36. The number of piperidine rings is 1. The quantitative estimate of drug-likeness (QED) is 0.867. The van der Waals surface area contributed by atoms with Gasteiger partial charge in [0.2, 0.25) is 0 Å². The van der Waals surface area contributed by atoms with Crippen LogP contribution in [0.4, 0.5) is 0 Å². The Morgan fingerprint density at radius 3 is 2.83 bits per heavy atom. The normalized spacial score (nSPS) is 24.1. The highest BCUT2D eigenvalue weighted by Gasteiger charge is 2.28. The molecule has 2 atom stereocenters. The molecule has 1 aromatic carbocycles. The van der Waals surface area contributed by atoms with Gasteiger partial charge in [0.05, 0.1) is 0 Å². The predicted octanol–water partition coefficient (Wildman–Crippen LogP) is 2.71. The summed E-state index contributed by atoms with van der Waals surface area (Å²) in [6.45, 7) is 4.81. The number of hydrogen-bond acceptors (Lipinski definition) is 2. The maximum atomic E-state index is 12.5. The van der Waals surface area contributed by atoms with Gasteiger partial charge in [0.15, 0.2) is 0 Å². The molecule has 1 heterocycles. The molecule has 1 aliphatic rings. The van der Waals surface area contributed by atoms with E-state index in [9.17, 15) is 4.79 Å². The number of carbonyl (C=O) groups is 1. The number of nitrogens with zero attached hydrogens (tertiary/aromatic N) is 1. The summed E-state index contributed by atoms with van der Waals surface area (Å²) in [5.74, 6) is 0.124. The van der Waals surface area contributed by atoms with Crippen molar-refractivity contribution in [2.45, 2.75) is 38.8 Å². The molecule has 4 heteroatoms. The maximum Gasteiger partial charge on any atom is 0.254 e. The molecule has 1 aliphatic heterocycles. The van der Waals surface area contributed by atoms with Gasteiger partial charge in [-0.1, -0.05) is 15.9 Å². The Bertz CT molecular complexity index is 461. The van der Waals surface area contributed by atoms with Crippen LogP contribution in [-0.4, -0.2) is 29.4 Å². The molecule has 0 aliphatic carbocycles. The molecule has 0 radical (unpaired) electrons. The van der Waals surface area contributed by atoms with Crippen LogP contribution in [0, 0.1) is 6.92 Å². The maximum absolute atomic E-state index is 12.5. The van der Waals surface area contributed by atoms with E-state index < -0.39 is 0 Å². The van der Waals surface area contributed by atoms with Crippen LogP contribution >= 0.6 is 15.9 Å². The van der Waals surface area contributed by atoms with E-state index in [1.807, 2.05) is 30.0 Å². The minimum absolute atomic E-state index is 0.124. The number of rotatable bonds is 1. The highest BCUT2D eigenvalue weighted by Crippen LogP contribution is 2.22. The number of aryl methyl sites for hydroxylation is 1. The molecular formula is C14H19BrN2O. The second kappa shape index (κ2) is 5.41. The van der Waals surface area contributed by atoms with Crippen molar-refractivity contribution in [3.05, 3.63) is 33.8 Å². The van der Waals surface area contributed by atoms with Gasteiger partial charge < -0.3 is 10.6 Å². The summed E-state index contributed by atoms with van der Waals surface area (Å²) >= 11 is 3.42. The van der Waals surface area contributed by atoms with Gasteiger partial charge in [0, 0.05) is 28.7 Å². The Labute approximate surface area is 116 Å². The number of halogens is 1. The van der Waals surface area contributed by atoms with Gasteiger partial charge in [-0.3, -0.25) is 4.79 Å². The molecule has 18 heavy (non-hydrogen) atoms. The van der Waals surface area contributed by atoms with E-state index in [0.717, 1.165) is 35.0 Å². The molecule has 1 aromatic rings. The summed E-state index contributed by atoms with van der Waals surface area (Å²) in [4.78, 5) is 14.5. The molecular weight excluding hydrogens is 292 g/mol. The molecule has 0 unspecified atom stereocenters. The summed E-state index contributed by atoms with van der Waals surface area (Å²) in [5, 5.41) is 0. The molecule has 0 saturated carbocycles. The lowest BCUT2D eigenvalue weighted by molar-refractivity contribution is 0.0618. The molecule has 2 N–H and O–H groups in total. The van der Waals surface area contributed by atoms with Gasteiger partial charge in [-0.25, -0.2) is 0 Å².